The van der Waals surface area contributed by atoms with Crippen LogP contribution < -0.4 is 16.8 Å². The fourth-order valence-corrected chi connectivity index (χ4v) is 3.77. The Morgan fingerprint density at radius 2 is 1.66 bits per heavy atom. The number of nitrogen functional groups attached to an aromatic ring is 1. The molecule has 2 atom stereocenters. The van der Waals surface area contributed by atoms with Gasteiger partial charge >= 0.3 is 0 Å². The van der Waals surface area contributed by atoms with Crippen molar-refractivity contribution in [2.24, 2.45) is 10.7 Å². The molecule has 4 aromatic rings. The van der Waals surface area contributed by atoms with Gasteiger partial charge in [0, 0.05) is 33.8 Å². The minimum atomic E-state index is -1.15. The van der Waals surface area contributed by atoms with Crippen LogP contribution >= 0.6 is 0 Å². The van der Waals surface area contributed by atoms with E-state index >= 15 is 0 Å². The van der Waals surface area contributed by atoms with Gasteiger partial charge in [0.15, 0.2) is 11.6 Å². The van der Waals surface area contributed by atoms with E-state index in [1.165, 1.54) is 0 Å². The molecule has 0 amide bonds. The van der Waals surface area contributed by atoms with E-state index in [1.54, 1.807) is 12.1 Å². The molecule has 1 aromatic heterocycles. The Hall–Kier alpha value is -4.27. The van der Waals surface area contributed by atoms with Crippen LogP contribution in [0.5, 0.6) is 0 Å². The third kappa shape index (κ3) is 3.06. The molecule has 1 fully saturated rings. The summed E-state index contributed by atoms with van der Waals surface area (Å²) in [6.45, 7) is 0. The Morgan fingerprint density at radius 3 is 2.47 bits per heavy atom. The predicted octanol–water partition coefficient (Wildman–Crippen LogP) is 3.15. The lowest BCUT2D eigenvalue weighted by Crippen LogP contribution is -2.60. The number of benzene rings is 3. The van der Waals surface area contributed by atoms with Gasteiger partial charge in [0.1, 0.15) is 29.1 Å². The molecule has 5 N–H and O–H groups in total. The molecule has 0 aliphatic heterocycles. The molecule has 1 aliphatic carbocycles. The van der Waals surface area contributed by atoms with Crippen LogP contribution in [0, 0.1) is 11.6 Å². The van der Waals surface area contributed by atoms with E-state index < -0.39 is 35.3 Å². The number of carbonyl (C=O) groups is 2. The lowest BCUT2D eigenvalue weighted by molar-refractivity contribution is -0.144. The molecular weight excluding hydrogens is 418 g/mol. The first-order valence-electron chi connectivity index (χ1n) is 9.67. The Bertz CT molecular complexity index is 1460. The molecule has 32 heavy (non-hydrogen) atoms. The molecule has 7 nitrogen and oxygen atoms in total. The number of hydrogen-bond donors (Lipinski definition) is 3. The van der Waals surface area contributed by atoms with Crippen LogP contribution in [-0.2, 0) is 9.59 Å². The first kappa shape index (κ1) is 19.7. The van der Waals surface area contributed by atoms with Gasteiger partial charge in [-0.05, 0) is 30.3 Å². The normalized spacial score (nSPS) is 18.9. The van der Waals surface area contributed by atoms with Gasteiger partial charge < -0.3 is 21.2 Å². The molecule has 0 bridgehead atoms. The van der Waals surface area contributed by atoms with Crippen LogP contribution in [0.25, 0.3) is 21.9 Å². The summed E-state index contributed by atoms with van der Waals surface area (Å²) in [4.78, 5) is 28.4. The number of hydrogen-bond acceptors (Lipinski definition) is 6. The number of nitrogens with one attached hydrogen (secondary N) is 1. The number of para-hydroxylation sites is 1. The van der Waals surface area contributed by atoms with Crippen LogP contribution in [0.4, 0.5) is 20.2 Å². The second-order valence-electron chi connectivity index (χ2n) is 7.47. The number of nitrogens with two attached hydrogens (primary N) is 2. The van der Waals surface area contributed by atoms with E-state index in [0.29, 0.717) is 11.3 Å². The van der Waals surface area contributed by atoms with E-state index in [0.717, 1.165) is 28.5 Å². The van der Waals surface area contributed by atoms with Crippen molar-refractivity contribution in [3.63, 3.8) is 0 Å². The van der Waals surface area contributed by atoms with Crippen LogP contribution in [0.3, 0.4) is 0 Å². The van der Waals surface area contributed by atoms with Crippen molar-refractivity contribution in [1.82, 2.24) is 0 Å². The van der Waals surface area contributed by atoms with Gasteiger partial charge in [-0.3, -0.25) is 14.6 Å². The van der Waals surface area contributed by atoms with Crippen LogP contribution in [0.2, 0.25) is 0 Å². The summed E-state index contributed by atoms with van der Waals surface area (Å²) < 4.78 is 32.7. The summed E-state index contributed by atoms with van der Waals surface area (Å²) in [5.41, 5.74) is 13.4. The molecule has 1 saturated carbocycles. The van der Waals surface area contributed by atoms with Crippen molar-refractivity contribution < 1.29 is 22.8 Å². The molecule has 0 radical (unpaired) electrons. The molecular formula is C23H16F2N4O3. The fraction of sp³-hybridized carbons (Fsp3) is 0.0870. The summed E-state index contributed by atoms with van der Waals surface area (Å²) in [6, 6.07) is 12.3. The van der Waals surface area contributed by atoms with Crippen molar-refractivity contribution in [3.8, 4) is 0 Å². The van der Waals surface area contributed by atoms with E-state index in [-0.39, 0.29) is 17.1 Å². The number of Topliss-reactive ketones (excluding diaryl/α,β-unsaturated/α-hetero) is 2. The average Bonchev–Trinajstić information content (AvgIpc) is 3.16. The van der Waals surface area contributed by atoms with Gasteiger partial charge in [-0.1, -0.05) is 18.2 Å². The highest BCUT2D eigenvalue weighted by Crippen LogP contribution is 2.32. The van der Waals surface area contributed by atoms with E-state index in [9.17, 15) is 18.4 Å². The zero-order valence-corrected chi connectivity index (χ0v) is 16.4. The molecule has 5 rings (SSSR count). The highest BCUT2D eigenvalue weighted by Gasteiger charge is 2.49. The summed E-state index contributed by atoms with van der Waals surface area (Å²) in [6.07, 6.45) is 0. The number of ketones is 2. The van der Waals surface area contributed by atoms with Gasteiger partial charge in [-0.15, -0.1) is 0 Å². The van der Waals surface area contributed by atoms with Gasteiger partial charge in [-0.25, -0.2) is 8.78 Å². The van der Waals surface area contributed by atoms with Gasteiger partial charge in [-0.2, -0.15) is 0 Å². The highest BCUT2D eigenvalue weighted by atomic mass is 19.2. The zero-order valence-electron chi connectivity index (χ0n) is 16.4. The number of nitrogens with zero attached hydrogens (tertiary/aromatic N) is 1. The number of fused-ring (bicyclic) bond motifs is 3. The first-order chi connectivity index (χ1) is 15.3. The first-order valence-corrected chi connectivity index (χ1v) is 9.67. The lowest BCUT2D eigenvalue weighted by Gasteiger charge is -2.31. The van der Waals surface area contributed by atoms with Crippen molar-refractivity contribution >= 4 is 50.7 Å². The van der Waals surface area contributed by atoms with Crippen molar-refractivity contribution in [2.45, 2.75) is 12.1 Å². The quantitative estimate of drug-likeness (QED) is 0.196. The molecule has 1 heterocycles. The monoisotopic (exact) mass is 434 g/mol. The van der Waals surface area contributed by atoms with E-state index in [4.69, 9.17) is 15.9 Å². The van der Waals surface area contributed by atoms with Crippen LogP contribution in [0.1, 0.15) is 5.56 Å². The number of anilines is 2. The summed E-state index contributed by atoms with van der Waals surface area (Å²) in [5.74, 6) is -3.94. The second kappa shape index (κ2) is 7.16. The Kier molecular flexibility index (Phi) is 4.40. The number of halogens is 2. The van der Waals surface area contributed by atoms with Crippen molar-refractivity contribution in [1.29, 1.82) is 0 Å². The Morgan fingerprint density at radius 1 is 0.938 bits per heavy atom. The number of furan rings is 1. The third-order valence-electron chi connectivity index (χ3n) is 5.46. The minimum Gasteiger partial charge on any atom is -0.456 e. The maximum Gasteiger partial charge on any atom is 0.227 e. The molecule has 3 aromatic carbocycles. The molecule has 9 heteroatoms. The van der Waals surface area contributed by atoms with Gasteiger partial charge in [0.2, 0.25) is 11.6 Å². The molecule has 160 valence electrons. The smallest absolute Gasteiger partial charge is 0.227 e. The van der Waals surface area contributed by atoms with E-state index in [1.807, 2.05) is 30.3 Å². The third-order valence-corrected chi connectivity index (χ3v) is 5.46. The Balaban J connectivity index is 1.45. The van der Waals surface area contributed by atoms with Crippen molar-refractivity contribution in [3.05, 3.63) is 71.8 Å². The largest absolute Gasteiger partial charge is 0.456 e. The molecule has 1 aliphatic rings. The fourth-order valence-electron chi connectivity index (χ4n) is 3.77. The average molecular weight is 434 g/mol. The van der Waals surface area contributed by atoms with Gasteiger partial charge in [0.25, 0.3) is 0 Å². The summed E-state index contributed by atoms with van der Waals surface area (Å²) in [5, 5.41) is 4.76. The van der Waals surface area contributed by atoms with Crippen molar-refractivity contribution in [2.75, 3.05) is 11.1 Å². The number of aliphatic imine (C=N–C) groups is 1. The minimum absolute atomic E-state index is 0.0546. The molecule has 2 unspecified atom stereocenters. The van der Waals surface area contributed by atoms with Crippen LogP contribution in [-0.4, -0.2) is 29.5 Å². The summed E-state index contributed by atoms with van der Waals surface area (Å²) in [7, 11) is 0. The number of carbonyl (C=O) groups excluding carboxylic acids is 2. The number of amidine groups is 1. The van der Waals surface area contributed by atoms with Crippen LogP contribution in [0.15, 0.2) is 64.0 Å². The second-order valence-corrected chi connectivity index (χ2v) is 7.47. The SMILES string of the molecule is NC(=NC1C(=O)C(=O)C1Nc1ccc2oc3ccccc3c2c1)c1cc(F)c(F)cc1N. The Labute approximate surface area is 179 Å². The van der Waals surface area contributed by atoms with E-state index in [2.05, 4.69) is 10.3 Å². The molecule has 0 saturated heterocycles. The standard InChI is InChI=1S/C23H16F2N4O3/c24-14-8-13(16(26)9-15(14)25)23(27)29-20-19(21(30)22(20)31)28-10-5-6-18-12(7-10)11-3-1-2-4-17(11)32-18/h1-9,19-20,28H,26H2,(H2,27,29). The zero-order chi connectivity index (χ0) is 22.6. The topological polar surface area (TPSA) is 124 Å². The number of rotatable bonds is 4. The van der Waals surface area contributed by atoms with Gasteiger partial charge in [0.05, 0.1) is 0 Å². The predicted molar refractivity (Wildman–Crippen MR) is 116 cm³/mol. The molecule has 0 spiro atoms. The highest BCUT2D eigenvalue weighted by molar-refractivity contribution is 6.50. The maximum absolute atomic E-state index is 13.6. The lowest BCUT2D eigenvalue weighted by atomic mass is 9.83. The maximum atomic E-state index is 13.6. The summed E-state index contributed by atoms with van der Waals surface area (Å²) >= 11 is 0.